The molecule has 0 aliphatic rings. The number of benzene rings is 9. The summed E-state index contributed by atoms with van der Waals surface area (Å²) in [5.74, 6) is 0. The Bertz CT molecular complexity index is 3130. The Balaban J connectivity index is 1.26. The lowest BCUT2D eigenvalue weighted by Gasteiger charge is -2.28. The molecule has 0 bridgehead atoms. The highest BCUT2D eigenvalue weighted by Crippen LogP contribution is 2.46. The average Bonchev–Trinajstić information content (AvgIpc) is 3.73. The number of hydrogen-bond acceptors (Lipinski definition) is 3. The Morgan fingerprint density at radius 1 is 0.306 bits per heavy atom. The van der Waals surface area contributed by atoms with E-state index in [1.807, 2.05) is 18.2 Å². The number of para-hydroxylation sites is 2. The zero-order valence-corrected chi connectivity index (χ0v) is 26.4. The van der Waals surface area contributed by atoms with E-state index in [1.165, 1.54) is 43.1 Å². The molecular formula is C46H27NO2. The molecule has 0 aliphatic heterocycles. The number of nitrogens with zero attached hydrogens (tertiary/aromatic N) is 1. The Morgan fingerprint density at radius 3 is 1.71 bits per heavy atom. The molecule has 228 valence electrons. The average molecular weight is 626 g/mol. The maximum atomic E-state index is 6.36. The van der Waals surface area contributed by atoms with E-state index in [4.69, 9.17) is 8.83 Å². The second-order valence-corrected chi connectivity index (χ2v) is 12.9. The Hall–Kier alpha value is -6.58. The van der Waals surface area contributed by atoms with E-state index >= 15 is 0 Å². The standard InChI is InChI=1S/C46H27NO2/c1-2-10-33-30(9-1)25-40(35-12-4-3-11-34(33)35)47(32-22-24-43-39(27-32)36-13-5-7-15-41(36)48-43)31-21-19-28-17-18-29-20-23-44-46(45(29)38(28)26-31)37-14-6-8-16-42(37)49-44/h1-27H. The number of furan rings is 2. The minimum atomic E-state index is 0.881. The van der Waals surface area contributed by atoms with Crippen LogP contribution in [0.2, 0.25) is 0 Å². The molecule has 0 saturated carbocycles. The molecule has 0 amide bonds. The van der Waals surface area contributed by atoms with E-state index in [0.717, 1.165) is 60.9 Å². The summed E-state index contributed by atoms with van der Waals surface area (Å²) in [6.45, 7) is 0. The highest BCUT2D eigenvalue weighted by Gasteiger charge is 2.20. The van der Waals surface area contributed by atoms with Gasteiger partial charge in [-0.25, -0.2) is 0 Å². The van der Waals surface area contributed by atoms with Crippen LogP contribution in [-0.4, -0.2) is 0 Å². The van der Waals surface area contributed by atoms with Gasteiger partial charge in [-0.3, -0.25) is 0 Å². The molecule has 0 fully saturated rings. The Morgan fingerprint density at radius 2 is 0.857 bits per heavy atom. The van der Waals surface area contributed by atoms with Crippen molar-refractivity contribution < 1.29 is 8.83 Å². The smallest absolute Gasteiger partial charge is 0.136 e. The van der Waals surface area contributed by atoms with Gasteiger partial charge in [-0.2, -0.15) is 0 Å². The van der Waals surface area contributed by atoms with E-state index in [9.17, 15) is 0 Å². The number of anilines is 3. The van der Waals surface area contributed by atoms with Crippen molar-refractivity contribution in [3.63, 3.8) is 0 Å². The van der Waals surface area contributed by atoms with Crippen molar-refractivity contribution in [1.29, 1.82) is 0 Å². The molecule has 2 aromatic heterocycles. The molecule has 11 rings (SSSR count). The molecule has 3 heteroatoms. The highest BCUT2D eigenvalue weighted by molar-refractivity contribution is 6.27. The lowest BCUT2D eigenvalue weighted by molar-refractivity contribution is 0.668. The monoisotopic (exact) mass is 625 g/mol. The van der Waals surface area contributed by atoms with Crippen molar-refractivity contribution >= 4 is 104 Å². The summed E-state index contributed by atoms with van der Waals surface area (Å²) in [5.41, 5.74) is 6.86. The van der Waals surface area contributed by atoms with Crippen molar-refractivity contribution in [2.75, 3.05) is 4.90 Å². The predicted molar refractivity (Wildman–Crippen MR) is 206 cm³/mol. The first-order valence-corrected chi connectivity index (χ1v) is 16.7. The molecule has 9 aromatic carbocycles. The van der Waals surface area contributed by atoms with Crippen molar-refractivity contribution in [3.8, 4) is 0 Å². The van der Waals surface area contributed by atoms with Gasteiger partial charge >= 0.3 is 0 Å². The zero-order chi connectivity index (χ0) is 32.1. The van der Waals surface area contributed by atoms with Gasteiger partial charge in [0.25, 0.3) is 0 Å². The molecule has 0 saturated heterocycles. The summed E-state index contributed by atoms with van der Waals surface area (Å²) in [4.78, 5) is 2.42. The van der Waals surface area contributed by atoms with Crippen molar-refractivity contribution in [2.24, 2.45) is 0 Å². The Labute approximate surface area is 280 Å². The lowest BCUT2D eigenvalue weighted by atomic mass is 9.96. The fraction of sp³-hybridized carbons (Fsp3) is 0. The summed E-state index contributed by atoms with van der Waals surface area (Å²) >= 11 is 0. The molecule has 2 heterocycles. The van der Waals surface area contributed by atoms with Gasteiger partial charge in [-0.1, -0.05) is 109 Å². The summed E-state index contributed by atoms with van der Waals surface area (Å²) in [5, 5.41) is 14.2. The van der Waals surface area contributed by atoms with E-state index < -0.39 is 0 Å². The summed E-state index contributed by atoms with van der Waals surface area (Å²) in [6, 6.07) is 58.6. The minimum absolute atomic E-state index is 0.881. The third-order valence-corrected chi connectivity index (χ3v) is 10.2. The molecule has 0 radical (unpaired) electrons. The second-order valence-electron chi connectivity index (χ2n) is 12.9. The minimum Gasteiger partial charge on any atom is -0.456 e. The zero-order valence-electron chi connectivity index (χ0n) is 26.4. The molecule has 0 N–H and O–H groups in total. The molecule has 0 aliphatic carbocycles. The van der Waals surface area contributed by atoms with Crippen LogP contribution in [0.15, 0.2) is 173 Å². The maximum Gasteiger partial charge on any atom is 0.136 e. The van der Waals surface area contributed by atoms with Crippen LogP contribution >= 0.6 is 0 Å². The molecule has 0 unspecified atom stereocenters. The van der Waals surface area contributed by atoms with E-state index in [0.29, 0.717) is 0 Å². The van der Waals surface area contributed by atoms with Gasteiger partial charge in [0.2, 0.25) is 0 Å². The number of rotatable bonds is 3. The van der Waals surface area contributed by atoms with Crippen LogP contribution in [0.5, 0.6) is 0 Å². The predicted octanol–water partition coefficient (Wildman–Crippen LogP) is 13.6. The fourth-order valence-electron chi connectivity index (χ4n) is 7.99. The SMILES string of the molecule is c1ccc2c(c1)cc(N(c1ccc3oc4ccccc4c3c1)c1ccc3ccc4ccc5oc6ccccc6c5c4c3c1)c1ccccc12. The lowest BCUT2D eigenvalue weighted by Crippen LogP contribution is -2.10. The summed E-state index contributed by atoms with van der Waals surface area (Å²) < 4.78 is 12.6. The molecule has 3 nitrogen and oxygen atoms in total. The largest absolute Gasteiger partial charge is 0.456 e. The van der Waals surface area contributed by atoms with Crippen LogP contribution in [0, 0.1) is 0 Å². The fourth-order valence-corrected chi connectivity index (χ4v) is 7.99. The first-order chi connectivity index (χ1) is 24.3. The van der Waals surface area contributed by atoms with Crippen LogP contribution in [0.25, 0.3) is 87.0 Å². The van der Waals surface area contributed by atoms with Gasteiger partial charge in [-0.15, -0.1) is 0 Å². The molecular weight excluding hydrogens is 599 g/mol. The van der Waals surface area contributed by atoms with E-state index in [1.54, 1.807) is 0 Å². The first kappa shape index (κ1) is 26.5. The van der Waals surface area contributed by atoms with Gasteiger partial charge in [0.1, 0.15) is 22.3 Å². The van der Waals surface area contributed by atoms with Gasteiger partial charge in [0.15, 0.2) is 0 Å². The van der Waals surface area contributed by atoms with E-state index in [2.05, 4.69) is 150 Å². The first-order valence-electron chi connectivity index (χ1n) is 16.7. The van der Waals surface area contributed by atoms with Crippen molar-refractivity contribution in [3.05, 3.63) is 164 Å². The van der Waals surface area contributed by atoms with Crippen LogP contribution in [0.3, 0.4) is 0 Å². The third-order valence-electron chi connectivity index (χ3n) is 10.2. The third kappa shape index (κ3) is 3.84. The Kier molecular flexibility index (Phi) is 5.38. The van der Waals surface area contributed by atoms with Crippen LogP contribution in [0.1, 0.15) is 0 Å². The van der Waals surface area contributed by atoms with Gasteiger partial charge < -0.3 is 13.7 Å². The number of hydrogen-bond donors (Lipinski definition) is 0. The summed E-state index contributed by atoms with van der Waals surface area (Å²) in [6.07, 6.45) is 0. The molecule has 0 atom stereocenters. The van der Waals surface area contributed by atoms with Crippen LogP contribution < -0.4 is 4.90 Å². The highest BCUT2D eigenvalue weighted by atomic mass is 16.3. The quantitative estimate of drug-likeness (QED) is 0.183. The normalized spacial score (nSPS) is 12.1. The van der Waals surface area contributed by atoms with E-state index in [-0.39, 0.29) is 0 Å². The van der Waals surface area contributed by atoms with Crippen molar-refractivity contribution in [2.45, 2.75) is 0 Å². The van der Waals surface area contributed by atoms with Crippen LogP contribution in [0.4, 0.5) is 17.1 Å². The topological polar surface area (TPSA) is 29.5 Å². The summed E-state index contributed by atoms with van der Waals surface area (Å²) in [7, 11) is 0. The van der Waals surface area contributed by atoms with Crippen molar-refractivity contribution in [1.82, 2.24) is 0 Å². The molecule has 11 aromatic rings. The molecule has 0 spiro atoms. The van der Waals surface area contributed by atoms with Crippen LogP contribution in [-0.2, 0) is 0 Å². The number of fused-ring (bicyclic) bond motifs is 13. The molecule has 49 heavy (non-hydrogen) atoms. The van der Waals surface area contributed by atoms with Gasteiger partial charge in [0.05, 0.1) is 5.69 Å². The maximum absolute atomic E-state index is 6.36. The van der Waals surface area contributed by atoms with Gasteiger partial charge in [-0.05, 0) is 86.9 Å². The second kappa shape index (κ2) is 9.96. The van der Waals surface area contributed by atoms with Gasteiger partial charge in [0, 0.05) is 43.7 Å².